The van der Waals surface area contributed by atoms with Gasteiger partial charge in [0.25, 0.3) is 0 Å². The van der Waals surface area contributed by atoms with Gasteiger partial charge in [0.05, 0.1) is 6.54 Å². The van der Waals surface area contributed by atoms with Crippen LogP contribution in [0.4, 0.5) is 0 Å². The molecular weight excluding hydrogens is 380 g/mol. The predicted octanol–water partition coefficient (Wildman–Crippen LogP) is 3.46. The molecule has 0 fully saturated rings. The summed E-state index contributed by atoms with van der Waals surface area (Å²) in [6.45, 7) is 6.85. The molecule has 166 valence electrons. The van der Waals surface area contributed by atoms with Crippen molar-refractivity contribution in [1.82, 2.24) is 0 Å². The van der Waals surface area contributed by atoms with Crippen LogP contribution in [0.15, 0.2) is 35.3 Å². The number of quaternary nitrogens is 1. The van der Waals surface area contributed by atoms with E-state index >= 15 is 0 Å². The lowest BCUT2D eigenvalue weighted by atomic mass is 10.0. The first-order valence-corrected chi connectivity index (χ1v) is 11.8. The third kappa shape index (κ3) is 8.78. The standard InChI is InChI=1S/C25H43N2O.ClH/c1-3-4-5-6-7-8-9-10-11-12-16-19-25-26-20-21-27(25,23(2)28)22-24-17-14-13-15-18-24;/h13-15,17-18,23,28H,3-12,16,19-22H2,1-2H3;1H/q+1;/p-1. The van der Waals surface area contributed by atoms with Gasteiger partial charge in [-0.3, -0.25) is 0 Å². The molecule has 1 aromatic rings. The number of halogens is 1. The first-order chi connectivity index (χ1) is 13.7. The Kier molecular flexibility index (Phi) is 13.5. The van der Waals surface area contributed by atoms with Gasteiger partial charge in [0.1, 0.15) is 13.1 Å². The Hall–Kier alpha value is -0.900. The first-order valence-electron chi connectivity index (χ1n) is 11.8. The molecule has 0 amide bonds. The lowest BCUT2D eigenvalue weighted by Gasteiger charge is -2.37. The van der Waals surface area contributed by atoms with Crippen molar-refractivity contribution in [3.63, 3.8) is 0 Å². The normalized spacial score (nSPS) is 19.6. The van der Waals surface area contributed by atoms with Crippen molar-refractivity contribution in [3.8, 4) is 0 Å². The van der Waals surface area contributed by atoms with Crippen molar-refractivity contribution in [2.45, 2.75) is 104 Å². The van der Waals surface area contributed by atoms with Crippen molar-refractivity contribution in [2.75, 3.05) is 13.1 Å². The number of rotatable bonds is 15. The summed E-state index contributed by atoms with van der Waals surface area (Å²) in [4.78, 5) is 4.82. The van der Waals surface area contributed by atoms with Crippen molar-refractivity contribution in [1.29, 1.82) is 0 Å². The highest BCUT2D eigenvalue weighted by molar-refractivity contribution is 5.77. The van der Waals surface area contributed by atoms with Gasteiger partial charge in [-0.2, -0.15) is 0 Å². The minimum absolute atomic E-state index is 0. The number of aliphatic imine (C=N–C) groups is 1. The van der Waals surface area contributed by atoms with Crippen LogP contribution in [0.2, 0.25) is 0 Å². The summed E-state index contributed by atoms with van der Waals surface area (Å²) in [5, 5.41) is 10.6. The van der Waals surface area contributed by atoms with Crippen LogP contribution in [0, 0.1) is 0 Å². The van der Waals surface area contributed by atoms with Crippen molar-refractivity contribution >= 4 is 5.84 Å². The van der Waals surface area contributed by atoms with Crippen LogP contribution in [-0.2, 0) is 6.54 Å². The Balaban J connectivity index is 0.00000420. The minimum Gasteiger partial charge on any atom is -1.00 e. The summed E-state index contributed by atoms with van der Waals surface area (Å²) in [6, 6.07) is 10.6. The Morgan fingerprint density at radius 3 is 2.00 bits per heavy atom. The third-order valence-corrected chi connectivity index (χ3v) is 6.33. The second-order valence-corrected chi connectivity index (χ2v) is 8.62. The number of hydrogen-bond acceptors (Lipinski definition) is 2. The summed E-state index contributed by atoms with van der Waals surface area (Å²) >= 11 is 0. The summed E-state index contributed by atoms with van der Waals surface area (Å²) in [5.41, 5.74) is 1.29. The molecule has 1 aliphatic heterocycles. The quantitative estimate of drug-likeness (QED) is 0.340. The Labute approximate surface area is 185 Å². The van der Waals surface area contributed by atoms with Crippen molar-refractivity contribution < 1.29 is 22.0 Å². The Morgan fingerprint density at radius 1 is 0.897 bits per heavy atom. The molecule has 1 heterocycles. The van der Waals surface area contributed by atoms with E-state index in [2.05, 4.69) is 37.3 Å². The molecule has 0 saturated carbocycles. The second kappa shape index (κ2) is 15.0. The number of aliphatic hydroxyl groups is 1. The number of benzene rings is 1. The largest absolute Gasteiger partial charge is 1.00 e. The fourth-order valence-corrected chi connectivity index (χ4v) is 4.49. The lowest BCUT2D eigenvalue weighted by molar-refractivity contribution is -0.896. The molecule has 0 radical (unpaired) electrons. The molecule has 1 N–H and O–H groups in total. The zero-order valence-electron chi connectivity index (χ0n) is 18.8. The molecule has 4 heteroatoms. The molecule has 2 atom stereocenters. The van der Waals surface area contributed by atoms with Gasteiger partial charge in [-0.1, -0.05) is 101 Å². The maximum absolute atomic E-state index is 10.6. The molecule has 2 unspecified atom stereocenters. The number of nitrogens with zero attached hydrogens (tertiary/aromatic N) is 2. The molecule has 0 aromatic heterocycles. The number of hydrogen-bond donors (Lipinski definition) is 1. The van der Waals surface area contributed by atoms with Crippen LogP contribution in [0.5, 0.6) is 0 Å². The van der Waals surface area contributed by atoms with Crippen LogP contribution >= 0.6 is 0 Å². The fourth-order valence-electron chi connectivity index (χ4n) is 4.49. The zero-order chi connectivity index (χ0) is 20.1. The van der Waals surface area contributed by atoms with Crippen LogP contribution in [-0.4, -0.2) is 34.7 Å². The SMILES string of the molecule is CCCCCCCCCCCCCC1=NCC[N+]1(Cc1ccccc1)C(C)O.[Cl-]. The second-order valence-electron chi connectivity index (χ2n) is 8.62. The van der Waals surface area contributed by atoms with Crippen LogP contribution in [0.1, 0.15) is 96.5 Å². The fraction of sp³-hybridized carbons (Fsp3) is 0.720. The lowest BCUT2D eigenvalue weighted by Crippen LogP contribution is -3.00. The van der Waals surface area contributed by atoms with Crippen LogP contribution < -0.4 is 12.4 Å². The summed E-state index contributed by atoms with van der Waals surface area (Å²) in [5.74, 6) is 1.22. The predicted molar refractivity (Wildman–Crippen MR) is 120 cm³/mol. The average Bonchev–Trinajstić information content (AvgIpc) is 3.10. The molecule has 0 saturated heterocycles. The van der Waals surface area contributed by atoms with Gasteiger partial charge in [-0.15, -0.1) is 0 Å². The van der Waals surface area contributed by atoms with Gasteiger partial charge in [0.15, 0.2) is 6.23 Å². The van der Waals surface area contributed by atoms with E-state index < -0.39 is 6.23 Å². The van der Waals surface area contributed by atoms with Gasteiger partial charge < -0.3 is 17.5 Å². The molecule has 3 nitrogen and oxygen atoms in total. The molecule has 0 aliphatic carbocycles. The van der Waals surface area contributed by atoms with Gasteiger partial charge in [0.2, 0.25) is 5.84 Å². The van der Waals surface area contributed by atoms with Gasteiger partial charge in [0, 0.05) is 18.9 Å². The molecule has 0 spiro atoms. The first kappa shape index (κ1) is 26.1. The summed E-state index contributed by atoms with van der Waals surface area (Å²) < 4.78 is 0.641. The van der Waals surface area contributed by atoms with E-state index in [0.717, 1.165) is 26.1 Å². The van der Waals surface area contributed by atoms with Crippen molar-refractivity contribution in [3.05, 3.63) is 35.9 Å². The molecule has 1 aromatic carbocycles. The van der Waals surface area contributed by atoms with Gasteiger partial charge >= 0.3 is 0 Å². The minimum atomic E-state index is -0.394. The smallest absolute Gasteiger partial charge is 0.200 e. The van der Waals surface area contributed by atoms with E-state index in [1.54, 1.807) is 0 Å². The number of unbranched alkanes of at least 4 members (excludes halogenated alkanes) is 10. The van der Waals surface area contributed by atoms with Crippen LogP contribution in [0.3, 0.4) is 0 Å². The molecule has 29 heavy (non-hydrogen) atoms. The highest BCUT2D eigenvalue weighted by Crippen LogP contribution is 2.26. The maximum Gasteiger partial charge on any atom is 0.200 e. The van der Waals surface area contributed by atoms with E-state index in [1.165, 1.54) is 82.0 Å². The topological polar surface area (TPSA) is 32.6 Å². The van der Waals surface area contributed by atoms with E-state index in [4.69, 9.17) is 4.99 Å². The van der Waals surface area contributed by atoms with E-state index in [9.17, 15) is 5.11 Å². The molecule has 2 rings (SSSR count). The van der Waals surface area contributed by atoms with E-state index in [0.29, 0.717) is 4.48 Å². The highest BCUT2D eigenvalue weighted by atomic mass is 35.5. The van der Waals surface area contributed by atoms with E-state index in [1.807, 2.05) is 6.92 Å². The summed E-state index contributed by atoms with van der Waals surface area (Å²) in [6.07, 6.45) is 15.7. The average molecular weight is 423 g/mol. The highest BCUT2D eigenvalue weighted by Gasteiger charge is 2.41. The van der Waals surface area contributed by atoms with Gasteiger partial charge in [-0.05, 0) is 6.42 Å². The zero-order valence-corrected chi connectivity index (χ0v) is 19.5. The van der Waals surface area contributed by atoms with Gasteiger partial charge in [-0.25, -0.2) is 9.48 Å². The maximum atomic E-state index is 10.6. The molecular formula is C25H43ClN2O. The van der Waals surface area contributed by atoms with Crippen LogP contribution in [0.25, 0.3) is 0 Å². The molecule has 0 bridgehead atoms. The van der Waals surface area contributed by atoms with E-state index in [-0.39, 0.29) is 12.4 Å². The Bertz CT molecular complexity index is 561. The number of aliphatic hydroxyl groups excluding tert-OH is 1. The summed E-state index contributed by atoms with van der Waals surface area (Å²) in [7, 11) is 0. The van der Waals surface area contributed by atoms with Crippen molar-refractivity contribution in [2.24, 2.45) is 4.99 Å². The number of amidine groups is 1. The molecule has 1 aliphatic rings. The monoisotopic (exact) mass is 422 g/mol. The third-order valence-electron chi connectivity index (χ3n) is 6.33. The Morgan fingerprint density at radius 2 is 1.45 bits per heavy atom.